The average Bonchev–Trinajstić information content (AvgIpc) is 2.70. The molecule has 0 aliphatic carbocycles. The fourth-order valence-corrected chi connectivity index (χ4v) is 3.00. The second-order valence-corrected chi connectivity index (χ2v) is 6.20. The van der Waals surface area contributed by atoms with Gasteiger partial charge in [0.15, 0.2) is 0 Å². The van der Waals surface area contributed by atoms with Crippen molar-refractivity contribution in [2.75, 3.05) is 0 Å². The first-order valence-corrected chi connectivity index (χ1v) is 8.61. The minimum absolute atomic E-state index is 0.252. The predicted octanol–water partition coefficient (Wildman–Crippen LogP) is 5.68. The van der Waals surface area contributed by atoms with Crippen LogP contribution in [-0.4, -0.2) is 9.97 Å². The van der Waals surface area contributed by atoms with E-state index >= 15 is 0 Å². The normalized spacial score (nSPS) is 10.7. The third-order valence-corrected chi connectivity index (χ3v) is 4.31. The van der Waals surface area contributed by atoms with Crippen LogP contribution in [0.15, 0.2) is 85.1 Å². The van der Waals surface area contributed by atoms with Gasteiger partial charge in [0.05, 0.1) is 11.4 Å². The van der Waals surface area contributed by atoms with Crippen LogP contribution >= 0.6 is 0 Å². The molecule has 0 atom stereocenters. The Morgan fingerprint density at radius 3 is 2.11 bits per heavy atom. The Morgan fingerprint density at radius 2 is 1.37 bits per heavy atom. The zero-order valence-electron chi connectivity index (χ0n) is 14.4. The Labute approximate surface area is 156 Å². The molecule has 0 N–H and O–H groups in total. The quantitative estimate of drug-likeness (QED) is 0.469. The third-order valence-electron chi connectivity index (χ3n) is 4.31. The molecule has 0 radical (unpaired) electrons. The molecule has 2 aromatic heterocycles. The lowest BCUT2D eigenvalue weighted by Crippen LogP contribution is -1.97. The molecule has 0 aliphatic rings. The van der Waals surface area contributed by atoms with Gasteiger partial charge in [-0.1, -0.05) is 42.5 Å². The van der Waals surface area contributed by atoms with E-state index in [1.54, 1.807) is 30.5 Å². The van der Waals surface area contributed by atoms with E-state index in [0.29, 0.717) is 17.8 Å². The molecule has 0 saturated heterocycles. The maximum Gasteiger partial charge on any atom is 0.135 e. The SMILES string of the molecule is Fc1cc(F)c(-c2cccc(Cc3ccccc3)n2)cc1-c1ccccn1. The summed E-state index contributed by atoms with van der Waals surface area (Å²) in [5, 5.41) is 0. The number of benzene rings is 2. The maximum atomic E-state index is 14.5. The zero-order chi connectivity index (χ0) is 18.6. The molecule has 0 fully saturated rings. The minimum atomic E-state index is -0.643. The second-order valence-electron chi connectivity index (χ2n) is 6.20. The maximum absolute atomic E-state index is 14.5. The Kier molecular flexibility index (Phi) is 4.71. The number of aromatic nitrogens is 2. The highest BCUT2D eigenvalue weighted by Gasteiger charge is 2.15. The van der Waals surface area contributed by atoms with Crippen LogP contribution in [0.25, 0.3) is 22.5 Å². The van der Waals surface area contributed by atoms with Crippen LogP contribution in [0.1, 0.15) is 11.3 Å². The van der Waals surface area contributed by atoms with Gasteiger partial charge >= 0.3 is 0 Å². The molecular formula is C23H16F2N2. The minimum Gasteiger partial charge on any atom is -0.256 e. The van der Waals surface area contributed by atoms with Gasteiger partial charge in [0.2, 0.25) is 0 Å². The molecule has 27 heavy (non-hydrogen) atoms. The zero-order valence-corrected chi connectivity index (χ0v) is 14.4. The van der Waals surface area contributed by atoms with Crippen molar-refractivity contribution >= 4 is 0 Å². The molecule has 0 aliphatic heterocycles. The molecule has 0 bridgehead atoms. The van der Waals surface area contributed by atoms with Crippen molar-refractivity contribution in [3.05, 3.63) is 108 Å². The molecule has 2 nitrogen and oxygen atoms in total. The Bertz CT molecular complexity index is 1060. The summed E-state index contributed by atoms with van der Waals surface area (Å²) >= 11 is 0. The molecule has 4 heteroatoms. The second kappa shape index (κ2) is 7.46. The number of rotatable bonds is 4. The summed E-state index contributed by atoms with van der Waals surface area (Å²) in [5.74, 6) is -1.29. The van der Waals surface area contributed by atoms with Crippen LogP contribution in [-0.2, 0) is 6.42 Å². The van der Waals surface area contributed by atoms with E-state index in [4.69, 9.17) is 0 Å². The van der Waals surface area contributed by atoms with E-state index < -0.39 is 11.6 Å². The molecule has 4 rings (SSSR count). The van der Waals surface area contributed by atoms with Gasteiger partial charge in [0.25, 0.3) is 0 Å². The lowest BCUT2D eigenvalue weighted by atomic mass is 10.0. The highest BCUT2D eigenvalue weighted by Crippen LogP contribution is 2.29. The third kappa shape index (κ3) is 3.75. The molecular weight excluding hydrogens is 342 g/mol. The van der Waals surface area contributed by atoms with Crippen molar-refractivity contribution in [2.24, 2.45) is 0 Å². The number of nitrogens with zero attached hydrogens (tertiary/aromatic N) is 2. The van der Waals surface area contributed by atoms with Gasteiger partial charge in [0, 0.05) is 35.5 Å². The average molecular weight is 358 g/mol. The van der Waals surface area contributed by atoms with Crippen molar-refractivity contribution < 1.29 is 8.78 Å². The van der Waals surface area contributed by atoms with Crippen LogP contribution in [0.4, 0.5) is 8.78 Å². The predicted molar refractivity (Wildman–Crippen MR) is 102 cm³/mol. The number of halogens is 2. The van der Waals surface area contributed by atoms with Gasteiger partial charge in [-0.2, -0.15) is 0 Å². The van der Waals surface area contributed by atoms with Crippen molar-refractivity contribution in [3.8, 4) is 22.5 Å². The Morgan fingerprint density at radius 1 is 0.667 bits per heavy atom. The Hall–Kier alpha value is -3.40. The summed E-state index contributed by atoms with van der Waals surface area (Å²) in [6, 6.07) is 23.0. The highest BCUT2D eigenvalue weighted by atomic mass is 19.1. The summed E-state index contributed by atoms with van der Waals surface area (Å²) in [6.45, 7) is 0. The first-order chi connectivity index (χ1) is 13.2. The van der Waals surface area contributed by atoms with Crippen LogP contribution in [0, 0.1) is 11.6 Å². The summed E-state index contributed by atoms with van der Waals surface area (Å²) in [5.41, 5.74) is 3.38. The van der Waals surface area contributed by atoms with E-state index in [2.05, 4.69) is 9.97 Å². The van der Waals surface area contributed by atoms with E-state index in [1.165, 1.54) is 6.07 Å². The largest absolute Gasteiger partial charge is 0.256 e. The van der Waals surface area contributed by atoms with E-state index in [1.807, 2.05) is 42.5 Å². The van der Waals surface area contributed by atoms with Crippen LogP contribution in [0.3, 0.4) is 0 Å². The monoisotopic (exact) mass is 358 g/mol. The van der Waals surface area contributed by atoms with Gasteiger partial charge in [-0.15, -0.1) is 0 Å². The van der Waals surface area contributed by atoms with Crippen LogP contribution in [0.2, 0.25) is 0 Å². The molecule has 2 aromatic carbocycles. The van der Waals surface area contributed by atoms with Crippen LogP contribution < -0.4 is 0 Å². The fraction of sp³-hybridized carbons (Fsp3) is 0.0435. The number of pyridine rings is 2. The van der Waals surface area contributed by atoms with E-state index in [-0.39, 0.29) is 11.1 Å². The van der Waals surface area contributed by atoms with Gasteiger partial charge in [-0.3, -0.25) is 9.97 Å². The molecule has 0 saturated carbocycles. The first-order valence-electron chi connectivity index (χ1n) is 8.61. The first kappa shape index (κ1) is 17.0. The van der Waals surface area contributed by atoms with Crippen LogP contribution in [0.5, 0.6) is 0 Å². The highest BCUT2D eigenvalue weighted by molar-refractivity contribution is 5.70. The van der Waals surface area contributed by atoms with Crippen molar-refractivity contribution in [1.82, 2.24) is 9.97 Å². The smallest absolute Gasteiger partial charge is 0.135 e. The van der Waals surface area contributed by atoms with Crippen molar-refractivity contribution in [2.45, 2.75) is 6.42 Å². The summed E-state index contributed by atoms with van der Waals surface area (Å²) in [6.07, 6.45) is 2.22. The lowest BCUT2D eigenvalue weighted by Gasteiger charge is -2.09. The molecule has 132 valence electrons. The fourth-order valence-electron chi connectivity index (χ4n) is 3.00. The Balaban J connectivity index is 1.74. The summed E-state index contributed by atoms with van der Waals surface area (Å²) < 4.78 is 28.8. The molecule has 0 spiro atoms. The molecule has 0 unspecified atom stereocenters. The van der Waals surface area contributed by atoms with E-state index in [0.717, 1.165) is 17.3 Å². The van der Waals surface area contributed by atoms with E-state index in [9.17, 15) is 8.78 Å². The molecule has 4 aromatic rings. The van der Waals surface area contributed by atoms with Gasteiger partial charge in [-0.05, 0) is 35.9 Å². The number of hydrogen-bond acceptors (Lipinski definition) is 2. The topological polar surface area (TPSA) is 25.8 Å². The van der Waals surface area contributed by atoms with Crippen molar-refractivity contribution in [1.29, 1.82) is 0 Å². The molecule has 0 amide bonds. The van der Waals surface area contributed by atoms with Gasteiger partial charge in [-0.25, -0.2) is 8.78 Å². The lowest BCUT2D eigenvalue weighted by molar-refractivity contribution is 0.587. The van der Waals surface area contributed by atoms with Gasteiger partial charge < -0.3 is 0 Å². The van der Waals surface area contributed by atoms with Crippen molar-refractivity contribution in [3.63, 3.8) is 0 Å². The molecule has 2 heterocycles. The van der Waals surface area contributed by atoms with Gasteiger partial charge in [0.1, 0.15) is 11.6 Å². The number of hydrogen-bond donors (Lipinski definition) is 0. The summed E-state index contributed by atoms with van der Waals surface area (Å²) in [4.78, 5) is 8.75. The summed E-state index contributed by atoms with van der Waals surface area (Å²) in [7, 11) is 0. The standard InChI is InChI=1S/C23H16F2N2/c24-20-15-21(25)19(14-18(20)22-10-4-5-12-26-22)23-11-6-9-17(27-23)13-16-7-2-1-3-8-16/h1-12,14-15H,13H2.